The van der Waals surface area contributed by atoms with Crippen LogP contribution >= 0.6 is 0 Å². The molecule has 29 heavy (non-hydrogen) atoms. The molecule has 0 aliphatic rings. The van der Waals surface area contributed by atoms with Crippen molar-refractivity contribution >= 4 is 21.6 Å². The van der Waals surface area contributed by atoms with Crippen molar-refractivity contribution in [3.63, 3.8) is 0 Å². The zero-order valence-electron chi connectivity index (χ0n) is 15.5. The van der Waals surface area contributed by atoms with Gasteiger partial charge in [0.15, 0.2) is 0 Å². The van der Waals surface area contributed by atoms with Crippen molar-refractivity contribution < 1.29 is 26.8 Å². The van der Waals surface area contributed by atoms with Gasteiger partial charge in [-0.3, -0.25) is 9.10 Å². The molecule has 0 radical (unpaired) electrons. The van der Waals surface area contributed by atoms with Crippen molar-refractivity contribution in [2.45, 2.75) is 11.4 Å². The molecule has 1 N–H and O–H groups in total. The summed E-state index contributed by atoms with van der Waals surface area (Å²) < 4.78 is 51.6. The van der Waals surface area contributed by atoms with Crippen LogP contribution in [0.3, 0.4) is 0 Å². The van der Waals surface area contributed by atoms with E-state index < -0.39 is 33.2 Å². The second-order valence-corrected chi connectivity index (χ2v) is 7.83. The Hall–Kier alpha value is -3.33. The minimum Gasteiger partial charge on any atom is -0.497 e. The molecule has 0 atom stereocenters. The Morgan fingerprint density at radius 3 is 2.45 bits per heavy atom. The van der Waals surface area contributed by atoms with Gasteiger partial charge in [0, 0.05) is 0 Å². The number of halogens is 1. The lowest BCUT2D eigenvalue weighted by Crippen LogP contribution is -2.41. The van der Waals surface area contributed by atoms with E-state index in [2.05, 4.69) is 5.32 Å². The van der Waals surface area contributed by atoms with Gasteiger partial charge in [-0.2, -0.15) is 0 Å². The van der Waals surface area contributed by atoms with Gasteiger partial charge >= 0.3 is 0 Å². The summed E-state index contributed by atoms with van der Waals surface area (Å²) in [5.41, 5.74) is 0.196. The van der Waals surface area contributed by atoms with Crippen molar-refractivity contribution in [1.29, 1.82) is 0 Å². The highest BCUT2D eigenvalue weighted by atomic mass is 32.2. The van der Waals surface area contributed by atoms with E-state index in [0.29, 0.717) is 11.5 Å². The molecule has 0 saturated carbocycles. The maximum Gasteiger partial charge on any atom is 0.267 e. The minimum atomic E-state index is -4.34. The smallest absolute Gasteiger partial charge is 0.267 e. The fourth-order valence-electron chi connectivity index (χ4n) is 2.62. The molecule has 0 bridgehead atoms. The summed E-state index contributed by atoms with van der Waals surface area (Å²) in [7, 11) is -2.86. The lowest BCUT2D eigenvalue weighted by atomic mass is 10.3. The van der Waals surface area contributed by atoms with Gasteiger partial charge in [0.1, 0.15) is 28.8 Å². The lowest BCUT2D eigenvalue weighted by Gasteiger charge is -2.24. The first kappa shape index (κ1) is 20.4. The van der Waals surface area contributed by atoms with Gasteiger partial charge in [-0.1, -0.05) is 12.1 Å². The van der Waals surface area contributed by atoms with E-state index in [0.717, 1.165) is 16.4 Å². The molecule has 0 spiro atoms. The fourth-order valence-corrected chi connectivity index (χ4v) is 4.11. The number of furan rings is 1. The second kappa shape index (κ2) is 8.78. The summed E-state index contributed by atoms with van der Waals surface area (Å²) in [6, 6.07) is 14.4. The number of rotatable bonds is 8. The minimum absolute atomic E-state index is 0.0992. The van der Waals surface area contributed by atoms with E-state index in [1.807, 2.05) is 0 Å². The molecular weight excluding hydrogens is 399 g/mol. The molecule has 0 saturated heterocycles. The van der Waals surface area contributed by atoms with Gasteiger partial charge in [-0.05, 0) is 48.5 Å². The number of nitrogens with one attached hydrogen (secondary N) is 1. The Labute approximate surface area is 167 Å². The molecule has 3 aromatic rings. The van der Waals surface area contributed by atoms with E-state index in [4.69, 9.17) is 9.15 Å². The highest BCUT2D eigenvalue weighted by molar-refractivity contribution is 7.92. The second-order valence-electron chi connectivity index (χ2n) is 6.00. The Balaban J connectivity index is 1.90. The quantitative estimate of drug-likeness (QED) is 0.608. The Kier molecular flexibility index (Phi) is 6.18. The van der Waals surface area contributed by atoms with Crippen LogP contribution in [0.2, 0.25) is 0 Å². The van der Waals surface area contributed by atoms with Crippen molar-refractivity contribution in [3.8, 4) is 5.75 Å². The number of carbonyl (C=O) groups is 1. The molecule has 7 nitrogen and oxygen atoms in total. The number of ether oxygens (including phenoxy) is 1. The third-order valence-corrected chi connectivity index (χ3v) is 5.90. The van der Waals surface area contributed by atoms with Crippen LogP contribution < -0.4 is 14.4 Å². The zero-order valence-corrected chi connectivity index (χ0v) is 16.4. The van der Waals surface area contributed by atoms with Crippen LogP contribution in [-0.2, 0) is 21.4 Å². The largest absolute Gasteiger partial charge is 0.497 e. The lowest BCUT2D eigenvalue weighted by molar-refractivity contribution is -0.119. The Morgan fingerprint density at radius 2 is 1.83 bits per heavy atom. The van der Waals surface area contributed by atoms with E-state index in [9.17, 15) is 17.6 Å². The summed E-state index contributed by atoms with van der Waals surface area (Å²) in [6.07, 6.45) is 1.47. The molecule has 1 amide bonds. The van der Waals surface area contributed by atoms with Crippen molar-refractivity contribution in [3.05, 3.63) is 78.5 Å². The molecule has 0 aliphatic heterocycles. The summed E-state index contributed by atoms with van der Waals surface area (Å²) >= 11 is 0. The van der Waals surface area contributed by atoms with Crippen molar-refractivity contribution in [2.75, 3.05) is 18.0 Å². The van der Waals surface area contributed by atoms with E-state index in [1.165, 1.54) is 37.6 Å². The number of benzene rings is 2. The first-order chi connectivity index (χ1) is 13.9. The molecule has 0 fully saturated rings. The van der Waals surface area contributed by atoms with Gasteiger partial charge < -0.3 is 14.5 Å². The highest BCUT2D eigenvalue weighted by Crippen LogP contribution is 2.27. The monoisotopic (exact) mass is 418 g/mol. The summed E-state index contributed by atoms with van der Waals surface area (Å²) in [5.74, 6) is -0.440. The maximum absolute atomic E-state index is 14.2. The predicted octanol–water partition coefficient (Wildman–Crippen LogP) is 2.94. The number of methoxy groups -OCH3 is 1. The van der Waals surface area contributed by atoms with E-state index in [1.54, 1.807) is 24.3 Å². The average Bonchev–Trinajstić information content (AvgIpc) is 3.24. The van der Waals surface area contributed by atoms with Crippen molar-refractivity contribution in [2.24, 2.45) is 0 Å². The summed E-state index contributed by atoms with van der Waals surface area (Å²) in [5, 5.41) is 2.59. The van der Waals surface area contributed by atoms with E-state index in [-0.39, 0.29) is 12.2 Å². The standard InChI is InChI=1S/C20H19FN2O5S/c1-27-16-10-8-15(9-11-16)23(14-20(24)22-13-17-5-4-12-28-17)29(25,26)19-7-3-2-6-18(19)21/h2-12H,13-14H2,1H3,(H,22,24). The Morgan fingerprint density at radius 1 is 1.10 bits per heavy atom. The van der Waals surface area contributed by atoms with Crippen LogP contribution in [0, 0.1) is 5.82 Å². The van der Waals surface area contributed by atoms with Gasteiger partial charge in [-0.25, -0.2) is 12.8 Å². The van der Waals surface area contributed by atoms with Crippen LogP contribution in [0.5, 0.6) is 5.75 Å². The topological polar surface area (TPSA) is 88.8 Å². The Bertz CT molecular complexity index is 1070. The van der Waals surface area contributed by atoms with Gasteiger partial charge in [-0.15, -0.1) is 0 Å². The van der Waals surface area contributed by atoms with Gasteiger partial charge in [0.05, 0.1) is 25.6 Å². The van der Waals surface area contributed by atoms with Crippen molar-refractivity contribution in [1.82, 2.24) is 5.32 Å². The number of nitrogens with zero attached hydrogens (tertiary/aromatic N) is 1. The van der Waals surface area contributed by atoms with Gasteiger partial charge in [0.25, 0.3) is 10.0 Å². The number of hydrogen-bond donors (Lipinski definition) is 1. The maximum atomic E-state index is 14.2. The molecule has 0 unspecified atom stereocenters. The summed E-state index contributed by atoms with van der Waals surface area (Å²) in [4.78, 5) is 11.9. The molecule has 1 heterocycles. The predicted molar refractivity (Wildman–Crippen MR) is 104 cm³/mol. The highest BCUT2D eigenvalue weighted by Gasteiger charge is 2.29. The van der Waals surface area contributed by atoms with Crippen LogP contribution in [0.15, 0.2) is 76.2 Å². The first-order valence-electron chi connectivity index (χ1n) is 8.62. The SMILES string of the molecule is COc1ccc(N(CC(=O)NCc2ccco2)S(=O)(=O)c2ccccc2F)cc1. The van der Waals surface area contributed by atoms with Gasteiger partial charge in [0.2, 0.25) is 5.91 Å². The average molecular weight is 418 g/mol. The number of carbonyl (C=O) groups excluding carboxylic acids is 1. The van der Waals surface area contributed by atoms with Crippen LogP contribution in [0.1, 0.15) is 5.76 Å². The number of hydrogen-bond acceptors (Lipinski definition) is 5. The number of anilines is 1. The summed E-state index contributed by atoms with van der Waals surface area (Å²) in [6.45, 7) is -0.439. The molecule has 2 aromatic carbocycles. The third kappa shape index (κ3) is 4.75. The van der Waals surface area contributed by atoms with Crippen LogP contribution in [0.4, 0.5) is 10.1 Å². The third-order valence-electron chi connectivity index (χ3n) is 4.09. The first-order valence-corrected chi connectivity index (χ1v) is 10.1. The fraction of sp³-hybridized carbons (Fsp3) is 0.150. The normalized spacial score (nSPS) is 11.1. The molecule has 152 valence electrons. The molecule has 0 aliphatic carbocycles. The number of amides is 1. The van der Waals surface area contributed by atoms with Crippen LogP contribution in [-0.4, -0.2) is 28.0 Å². The van der Waals surface area contributed by atoms with E-state index >= 15 is 0 Å². The molecule has 1 aromatic heterocycles. The molecule has 3 rings (SSSR count). The van der Waals surface area contributed by atoms with Crippen LogP contribution in [0.25, 0.3) is 0 Å². The molecular formula is C20H19FN2O5S. The zero-order chi connectivity index (χ0) is 20.9. The molecule has 9 heteroatoms. The number of sulfonamides is 1.